The van der Waals surface area contributed by atoms with Crippen molar-refractivity contribution in [2.75, 3.05) is 0 Å². The number of aromatic nitrogens is 4. The van der Waals surface area contributed by atoms with Gasteiger partial charge in [-0.2, -0.15) is 5.10 Å². The minimum atomic E-state index is -0.319. The van der Waals surface area contributed by atoms with Crippen LogP contribution in [-0.2, 0) is 7.05 Å². The number of hydrogen-bond donors (Lipinski definition) is 0. The summed E-state index contributed by atoms with van der Waals surface area (Å²) in [5.41, 5.74) is 4.47. The zero-order valence-electron chi connectivity index (χ0n) is 20.0. The number of thiazole rings is 1. The first-order chi connectivity index (χ1) is 17.4. The van der Waals surface area contributed by atoms with Crippen LogP contribution in [0.5, 0.6) is 0 Å². The van der Waals surface area contributed by atoms with E-state index < -0.39 is 0 Å². The topological polar surface area (TPSA) is 69.5 Å². The average Bonchev–Trinajstić information content (AvgIpc) is 3.39. The van der Waals surface area contributed by atoms with Crippen LogP contribution in [0.25, 0.3) is 16.9 Å². The van der Waals surface area contributed by atoms with Gasteiger partial charge < -0.3 is 0 Å². The quantitative estimate of drug-likeness (QED) is 0.318. The van der Waals surface area contributed by atoms with Gasteiger partial charge >= 0.3 is 0 Å². The molecule has 0 aliphatic carbocycles. The highest BCUT2D eigenvalue weighted by Crippen LogP contribution is 2.22. The zero-order chi connectivity index (χ0) is 25.2. The summed E-state index contributed by atoms with van der Waals surface area (Å²) >= 11 is 1.35. The van der Waals surface area contributed by atoms with Crippen molar-refractivity contribution < 1.29 is 4.39 Å². The lowest BCUT2D eigenvalue weighted by molar-refractivity contribution is 0.628. The molecule has 0 N–H and O–H groups in total. The van der Waals surface area contributed by atoms with Crippen molar-refractivity contribution in [3.63, 3.8) is 0 Å². The number of pyridine rings is 1. The minimum absolute atomic E-state index is 0.227. The van der Waals surface area contributed by atoms with Crippen LogP contribution in [0.15, 0.2) is 99.3 Å². The van der Waals surface area contributed by atoms with Crippen LogP contribution in [0, 0.1) is 12.7 Å². The first-order valence-electron chi connectivity index (χ1n) is 11.3. The average molecular weight is 499 g/mol. The smallest absolute Gasteiger partial charge is 0.283 e. The molecule has 9 heteroatoms. The lowest BCUT2D eigenvalue weighted by Crippen LogP contribution is -2.20. The maximum atomic E-state index is 13.6. The molecule has 0 atom stereocenters. The fourth-order valence-electron chi connectivity index (χ4n) is 3.85. The Morgan fingerprint density at radius 1 is 1.00 bits per heavy atom. The van der Waals surface area contributed by atoms with Crippen LogP contribution < -0.4 is 10.4 Å². The number of para-hydroxylation sites is 1. The molecule has 7 nitrogen and oxygen atoms in total. The van der Waals surface area contributed by atoms with Crippen molar-refractivity contribution in [1.29, 1.82) is 0 Å². The molecule has 3 aromatic heterocycles. The van der Waals surface area contributed by atoms with E-state index in [1.54, 1.807) is 32.4 Å². The Morgan fingerprint density at radius 3 is 2.42 bits per heavy atom. The van der Waals surface area contributed by atoms with Gasteiger partial charge in [-0.05, 0) is 62.4 Å². The molecule has 5 aromatic rings. The molecule has 0 aliphatic rings. The third-order valence-electron chi connectivity index (χ3n) is 5.84. The van der Waals surface area contributed by atoms with Crippen molar-refractivity contribution in [3.8, 4) is 16.9 Å². The summed E-state index contributed by atoms with van der Waals surface area (Å²) in [6, 6.07) is 21.2. The molecule has 0 aliphatic heterocycles. The zero-order valence-corrected chi connectivity index (χ0v) is 20.8. The van der Waals surface area contributed by atoms with Gasteiger partial charge in [-0.1, -0.05) is 24.3 Å². The molecule has 0 radical (unpaired) electrons. The van der Waals surface area contributed by atoms with Gasteiger partial charge in [-0.3, -0.25) is 14.5 Å². The molecule has 0 saturated heterocycles. The van der Waals surface area contributed by atoms with Crippen molar-refractivity contribution in [2.24, 2.45) is 17.1 Å². The molecular weight excluding hydrogens is 475 g/mol. The van der Waals surface area contributed by atoms with Crippen LogP contribution >= 0.6 is 11.3 Å². The lowest BCUT2D eigenvalue weighted by atomic mass is 10.2. The van der Waals surface area contributed by atoms with Gasteiger partial charge in [-0.25, -0.2) is 18.7 Å². The molecule has 0 amide bonds. The molecular formula is C27H23FN6OS. The van der Waals surface area contributed by atoms with Gasteiger partial charge in [-0.15, -0.1) is 11.3 Å². The van der Waals surface area contributed by atoms with Crippen LogP contribution in [0.1, 0.15) is 18.3 Å². The van der Waals surface area contributed by atoms with E-state index in [0.717, 1.165) is 28.3 Å². The Hall–Kier alpha value is -4.37. The molecule has 5 rings (SSSR count). The molecule has 0 saturated carbocycles. The maximum Gasteiger partial charge on any atom is 0.297 e. The maximum absolute atomic E-state index is 13.6. The van der Waals surface area contributed by atoms with E-state index in [1.807, 2.05) is 74.8 Å². The summed E-state index contributed by atoms with van der Waals surface area (Å²) < 4.78 is 18.7. The Bertz CT molecular complexity index is 1680. The second kappa shape index (κ2) is 9.71. The lowest BCUT2D eigenvalue weighted by Gasteiger charge is -2.07. The number of benzene rings is 2. The third kappa shape index (κ3) is 4.36. The highest BCUT2D eigenvalue weighted by atomic mass is 32.1. The van der Waals surface area contributed by atoms with Crippen molar-refractivity contribution >= 4 is 22.7 Å². The van der Waals surface area contributed by atoms with E-state index >= 15 is 0 Å². The van der Waals surface area contributed by atoms with Crippen molar-refractivity contribution in [2.45, 2.75) is 13.8 Å². The van der Waals surface area contributed by atoms with E-state index in [4.69, 9.17) is 10.1 Å². The Kier molecular flexibility index (Phi) is 6.30. The molecule has 0 bridgehead atoms. The van der Waals surface area contributed by atoms with Crippen LogP contribution in [0.4, 0.5) is 10.1 Å². The van der Waals surface area contributed by atoms with Crippen LogP contribution in [0.3, 0.4) is 0 Å². The third-order valence-corrected chi connectivity index (χ3v) is 6.66. The molecule has 180 valence electrons. The molecule has 0 unspecified atom stereocenters. The second-order valence-corrected chi connectivity index (χ2v) is 8.98. The van der Waals surface area contributed by atoms with E-state index in [2.05, 4.69) is 4.98 Å². The molecule has 3 heterocycles. The largest absolute Gasteiger partial charge is 0.297 e. The van der Waals surface area contributed by atoms with Crippen LogP contribution in [-0.4, -0.2) is 24.7 Å². The summed E-state index contributed by atoms with van der Waals surface area (Å²) in [6.07, 6.45) is 1.71. The summed E-state index contributed by atoms with van der Waals surface area (Å²) in [6.45, 7) is 3.72. The van der Waals surface area contributed by atoms with E-state index in [-0.39, 0.29) is 11.4 Å². The summed E-state index contributed by atoms with van der Waals surface area (Å²) in [5.74, 6) is -0.319. The predicted molar refractivity (Wildman–Crippen MR) is 141 cm³/mol. The van der Waals surface area contributed by atoms with Gasteiger partial charge in [0.25, 0.3) is 5.56 Å². The monoisotopic (exact) mass is 498 g/mol. The molecule has 2 aromatic carbocycles. The van der Waals surface area contributed by atoms with Crippen molar-refractivity contribution in [1.82, 2.24) is 19.0 Å². The van der Waals surface area contributed by atoms with Gasteiger partial charge in [0.1, 0.15) is 5.82 Å². The summed E-state index contributed by atoms with van der Waals surface area (Å²) in [7, 11) is 1.83. The highest BCUT2D eigenvalue weighted by Gasteiger charge is 2.17. The Balaban J connectivity index is 1.73. The fraction of sp³-hybridized carbons (Fsp3) is 0.111. The van der Waals surface area contributed by atoms with E-state index in [0.29, 0.717) is 16.2 Å². The van der Waals surface area contributed by atoms with Crippen molar-refractivity contribution in [3.05, 3.63) is 117 Å². The van der Waals surface area contributed by atoms with Crippen LogP contribution in [0.2, 0.25) is 0 Å². The number of hydrogen-bond acceptors (Lipinski definition) is 5. The Morgan fingerprint density at radius 2 is 1.72 bits per heavy atom. The summed E-state index contributed by atoms with van der Waals surface area (Å²) in [4.78, 5) is 23.1. The normalized spacial score (nSPS) is 12.3. The van der Waals surface area contributed by atoms with Gasteiger partial charge in [0.15, 0.2) is 5.69 Å². The highest BCUT2D eigenvalue weighted by molar-refractivity contribution is 7.07. The van der Waals surface area contributed by atoms with E-state index in [9.17, 15) is 9.18 Å². The van der Waals surface area contributed by atoms with E-state index in [1.165, 1.54) is 23.5 Å². The predicted octanol–water partition coefficient (Wildman–Crippen LogP) is 5.05. The number of halogens is 1. The first kappa shape index (κ1) is 23.4. The summed E-state index contributed by atoms with van der Waals surface area (Å²) in [5, 5.41) is 6.71. The van der Waals surface area contributed by atoms with Gasteiger partial charge in [0.05, 0.1) is 28.5 Å². The number of rotatable bonds is 5. The SMILES string of the molecule is CC(=Nn1c(-c2ccc(F)cc2)csc1=Nc1c(C)n(C)n(-c2ccccc2)c1=O)c1ccccn1. The molecule has 36 heavy (non-hydrogen) atoms. The first-order valence-corrected chi connectivity index (χ1v) is 12.1. The molecule has 0 fully saturated rings. The van der Waals surface area contributed by atoms with Gasteiger partial charge in [0, 0.05) is 24.2 Å². The minimum Gasteiger partial charge on any atom is -0.283 e. The standard InChI is InChI=1S/C27H23FN6OS/c1-18(23-11-7-8-16-29-23)31-33-24(20-12-14-21(28)15-13-20)17-36-27(33)30-25-19(2)32(3)34(26(25)35)22-9-5-4-6-10-22/h4-17H,1-3H3. The Labute approximate surface area is 210 Å². The second-order valence-electron chi connectivity index (χ2n) is 8.14. The number of nitrogens with zero attached hydrogens (tertiary/aromatic N) is 6. The fourth-order valence-corrected chi connectivity index (χ4v) is 4.69. The molecule has 0 spiro atoms. The van der Waals surface area contributed by atoms with Gasteiger partial charge in [0.2, 0.25) is 4.80 Å².